The van der Waals surface area contributed by atoms with Crippen molar-refractivity contribution in [2.24, 2.45) is 12.8 Å². The molecule has 0 radical (unpaired) electrons. The summed E-state index contributed by atoms with van der Waals surface area (Å²) in [5.41, 5.74) is 7.70. The molecule has 0 saturated heterocycles. The van der Waals surface area contributed by atoms with Crippen LogP contribution in [0.25, 0.3) is 10.9 Å². The van der Waals surface area contributed by atoms with Crippen molar-refractivity contribution in [2.75, 3.05) is 6.61 Å². The van der Waals surface area contributed by atoms with Crippen molar-refractivity contribution in [3.8, 4) is 0 Å². The second-order valence-electron chi connectivity index (χ2n) is 3.48. The first-order valence-electron chi connectivity index (χ1n) is 4.62. The number of halogens is 1. The van der Waals surface area contributed by atoms with Gasteiger partial charge in [0.2, 0.25) is 0 Å². The number of nitrogens with zero attached hydrogens (tertiary/aromatic N) is 2. The van der Waals surface area contributed by atoms with Crippen molar-refractivity contribution in [2.45, 2.75) is 6.04 Å². The molecule has 0 spiro atoms. The van der Waals surface area contributed by atoms with E-state index in [-0.39, 0.29) is 12.6 Å². The highest BCUT2D eigenvalue weighted by atomic mass is 79.9. The minimum absolute atomic E-state index is 0.0522. The fourth-order valence-electron chi connectivity index (χ4n) is 1.58. The quantitative estimate of drug-likeness (QED) is 0.865. The summed E-state index contributed by atoms with van der Waals surface area (Å²) < 4.78 is 2.60. The Bertz CT molecular complexity index is 495. The molecule has 3 N–H and O–H groups in total. The maximum Gasteiger partial charge on any atom is 0.135 e. The van der Waals surface area contributed by atoms with Crippen LogP contribution < -0.4 is 5.73 Å². The summed E-state index contributed by atoms with van der Waals surface area (Å²) in [6.07, 6.45) is 0. The van der Waals surface area contributed by atoms with Crippen LogP contribution in [0.5, 0.6) is 0 Å². The highest BCUT2D eigenvalue weighted by Gasteiger charge is 2.09. The Morgan fingerprint density at radius 1 is 1.60 bits per heavy atom. The van der Waals surface area contributed by atoms with Crippen LogP contribution in [0.15, 0.2) is 22.8 Å². The Morgan fingerprint density at radius 3 is 3.00 bits per heavy atom. The van der Waals surface area contributed by atoms with Crippen molar-refractivity contribution >= 4 is 26.8 Å². The first kappa shape index (κ1) is 10.6. The van der Waals surface area contributed by atoms with E-state index < -0.39 is 0 Å². The first-order valence-corrected chi connectivity index (χ1v) is 5.41. The van der Waals surface area contributed by atoms with E-state index in [1.54, 1.807) is 4.68 Å². The molecule has 2 rings (SSSR count). The molecular weight excluding hydrogens is 258 g/mol. The van der Waals surface area contributed by atoms with Gasteiger partial charge in [-0.15, -0.1) is 0 Å². The van der Waals surface area contributed by atoms with E-state index in [9.17, 15) is 0 Å². The van der Waals surface area contributed by atoms with Gasteiger partial charge in [0.25, 0.3) is 0 Å². The average Bonchev–Trinajstić information content (AvgIpc) is 2.53. The number of aliphatic hydroxyl groups excluding tert-OH is 1. The van der Waals surface area contributed by atoms with E-state index in [0.717, 1.165) is 21.1 Å². The van der Waals surface area contributed by atoms with Gasteiger partial charge in [-0.25, -0.2) is 0 Å². The highest BCUT2D eigenvalue weighted by molar-refractivity contribution is 9.10. The van der Waals surface area contributed by atoms with Gasteiger partial charge >= 0.3 is 0 Å². The van der Waals surface area contributed by atoms with E-state index in [0.29, 0.717) is 0 Å². The third-order valence-electron chi connectivity index (χ3n) is 2.45. The number of aromatic nitrogens is 2. The molecule has 1 heterocycles. The van der Waals surface area contributed by atoms with Gasteiger partial charge in [-0.1, -0.05) is 6.07 Å². The van der Waals surface area contributed by atoms with Crippen molar-refractivity contribution in [1.82, 2.24) is 9.78 Å². The third kappa shape index (κ3) is 1.78. The van der Waals surface area contributed by atoms with Crippen LogP contribution >= 0.6 is 15.9 Å². The van der Waals surface area contributed by atoms with Gasteiger partial charge in [0, 0.05) is 12.4 Å². The summed E-state index contributed by atoms with van der Waals surface area (Å²) in [5, 5.41) is 14.2. The van der Waals surface area contributed by atoms with E-state index in [1.165, 1.54) is 0 Å². The van der Waals surface area contributed by atoms with Gasteiger partial charge in [0.1, 0.15) is 4.60 Å². The van der Waals surface area contributed by atoms with Crippen LogP contribution in [-0.4, -0.2) is 21.5 Å². The molecule has 0 fully saturated rings. The molecule has 5 heteroatoms. The number of nitrogens with two attached hydrogens (primary N) is 1. The molecule has 1 aromatic heterocycles. The standard InChI is InChI=1S/C10H12BrN3O/c1-14-9-3-2-6(8(12)5-15)4-7(9)10(11)13-14/h2-4,8,15H,5,12H2,1H3. The molecule has 0 aliphatic carbocycles. The van der Waals surface area contributed by atoms with Gasteiger partial charge < -0.3 is 10.8 Å². The Hall–Kier alpha value is -0.910. The molecule has 15 heavy (non-hydrogen) atoms. The zero-order valence-corrected chi connectivity index (χ0v) is 9.90. The third-order valence-corrected chi connectivity index (χ3v) is 3.04. The second-order valence-corrected chi connectivity index (χ2v) is 4.23. The minimum Gasteiger partial charge on any atom is -0.394 e. The van der Waals surface area contributed by atoms with Crippen LogP contribution in [-0.2, 0) is 7.05 Å². The Morgan fingerprint density at radius 2 is 2.33 bits per heavy atom. The molecule has 1 unspecified atom stereocenters. The number of hydrogen-bond donors (Lipinski definition) is 2. The normalized spacial score (nSPS) is 13.3. The first-order chi connectivity index (χ1) is 7.13. The fraction of sp³-hybridized carbons (Fsp3) is 0.300. The maximum absolute atomic E-state index is 8.98. The molecule has 1 aromatic carbocycles. The monoisotopic (exact) mass is 269 g/mol. The van der Waals surface area contributed by atoms with Gasteiger partial charge in [0.15, 0.2) is 0 Å². The second kappa shape index (κ2) is 3.92. The van der Waals surface area contributed by atoms with E-state index in [4.69, 9.17) is 10.8 Å². The number of fused-ring (bicyclic) bond motifs is 1. The summed E-state index contributed by atoms with van der Waals surface area (Å²) in [7, 11) is 1.89. The van der Waals surface area contributed by atoms with Crippen LogP contribution in [0.2, 0.25) is 0 Å². The zero-order chi connectivity index (χ0) is 11.0. The molecule has 0 bridgehead atoms. The minimum atomic E-state index is -0.332. The zero-order valence-electron chi connectivity index (χ0n) is 8.31. The molecule has 1 atom stereocenters. The molecule has 4 nitrogen and oxygen atoms in total. The number of benzene rings is 1. The number of hydrogen-bond acceptors (Lipinski definition) is 3. The molecule has 0 aliphatic rings. The lowest BCUT2D eigenvalue weighted by atomic mass is 10.1. The highest BCUT2D eigenvalue weighted by Crippen LogP contribution is 2.25. The predicted molar refractivity (Wildman–Crippen MR) is 62.4 cm³/mol. The predicted octanol–water partition coefficient (Wildman–Crippen LogP) is 1.33. The number of aryl methyl sites for hydroxylation is 1. The molecule has 0 aliphatic heterocycles. The molecule has 80 valence electrons. The van der Waals surface area contributed by atoms with Crippen molar-refractivity contribution in [3.05, 3.63) is 28.4 Å². The Kier molecular flexibility index (Phi) is 2.77. The number of aliphatic hydroxyl groups is 1. The topological polar surface area (TPSA) is 64.1 Å². The Labute approximate surface area is 95.8 Å². The summed E-state index contributed by atoms with van der Waals surface area (Å²) in [6.45, 7) is -0.0522. The van der Waals surface area contributed by atoms with Gasteiger partial charge in [0.05, 0.1) is 18.2 Å². The Balaban J connectivity index is 2.60. The van der Waals surface area contributed by atoms with Crippen LogP contribution in [0.3, 0.4) is 0 Å². The summed E-state index contributed by atoms with van der Waals surface area (Å²) >= 11 is 3.39. The van der Waals surface area contributed by atoms with Crippen LogP contribution in [0.1, 0.15) is 11.6 Å². The van der Waals surface area contributed by atoms with E-state index in [1.807, 2.05) is 25.2 Å². The molecule has 2 aromatic rings. The van der Waals surface area contributed by atoms with E-state index >= 15 is 0 Å². The molecule has 0 saturated carbocycles. The summed E-state index contributed by atoms with van der Waals surface area (Å²) in [5.74, 6) is 0. The van der Waals surface area contributed by atoms with Crippen LogP contribution in [0, 0.1) is 0 Å². The molecular formula is C10H12BrN3O. The lowest BCUT2D eigenvalue weighted by molar-refractivity contribution is 0.268. The summed E-state index contributed by atoms with van der Waals surface area (Å²) in [6, 6.07) is 5.49. The fourth-order valence-corrected chi connectivity index (χ4v) is 2.13. The van der Waals surface area contributed by atoms with E-state index in [2.05, 4.69) is 21.0 Å². The van der Waals surface area contributed by atoms with Crippen molar-refractivity contribution in [1.29, 1.82) is 0 Å². The average molecular weight is 270 g/mol. The van der Waals surface area contributed by atoms with Gasteiger partial charge in [-0.3, -0.25) is 4.68 Å². The van der Waals surface area contributed by atoms with Crippen LogP contribution in [0.4, 0.5) is 0 Å². The largest absolute Gasteiger partial charge is 0.394 e. The van der Waals surface area contributed by atoms with Gasteiger partial charge in [-0.05, 0) is 33.6 Å². The SMILES string of the molecule is Cn1nc(Br)c2cc(C(N)CO)ccc21. The van der Waals surface area contributed by atoms with Crippen molar-refractivity contribution < 1.29 is 5.11 Å². The van der Waals surface area contributed by atoms with Gasteiger partial charge in [-0.2, -0.15) is 5.10 Å². The van der Waals surface area contributed by atoms with Crippen molar-refractivity contribution in [3.63, 3.8) is 0 Å². The lowest BCUT2D eigenvalue weighted by Crippen LogP contribution is -2.14. The smallest absolute Gasteiger partial charge is 0.135 e. The summed E-state index contributed by atoms with van der Waals surface area (Å²) in [4.78, 5) is 0. The maximum atomic E-state index is 8.98. The lowest BCUT2D eigenvalue weighted by Gasteiger charge is -2.08. The number of rotatable bonds is 2. The molecule has 0 amide bonds.